The van der Waals surface area contributed by atoms with Crippen molar-refractivity contribution in [1.29, 1.82) is 0 Å². The van der Waals surface area contributed by atoms with E-state index in [1.807, 2.05) is 0 Å². The summed E-state index contributed by atoms with van der Waals surface area (Å²) in [5.41, 5.74) is 0. The Kier molecular flexibility index (Phi) is 4.03. The van der Waals surface area contributed by atoms with Crippen LogP contribution in [0.15, 0.2) is 0 Å². The van der Waals surface area contributed by atoms with Crippen molar-refractivity contribution in [2.45, 2.75) is 45.1 Å². The average molecular weight is 223 g/mol. The lowest BCUT2D eigenvalue weighted by Gasteiger charge is -2.34. The number of alkyl halides is 2. The maximum Gasteiger partial charge on any atom is 0.294 e. The van der Waals surface area contributed by atoms with Crippen LogP contribution in [0, 0.1) is 0 Å². The molecule has 0 spiro atoms. The molecule has 84 valence electrons. The molecule has 1 aliphatic rings. The van der Waals surface area contributed by atoms with Crippen molar-refractivity contribution in [1.82, 2.24) is 4.90 Å². The van der Waals surface area contributed by atoms with E-state index in [0.29, 0.717) is 13.1 Å². The van der Waals surface area contributed by atoms with Crippen molar-refractivity contribution in [3.8, 4) is 0 Å². The van der Waals surface area contributed by atoms with E-state index in [1.54, 1.807) is 0 Å². The number of piperidine rings is 1. The monoisotopic (exact) mass is 223 g/mol. The van der Waals surface area contributed by atoms with Gasteiger partial charge < -0.3 is 4.43 Å². The topological polar surface area (TPSA) is 12.5 Å². The molecule has 0 radical (unpaired) electrons. The highest BCUT2D eigenvalue weighted by molar-refractivity contribution is 6.69. The summed E-state index contributed by atoms with van der Waals surface area (Å²) in [6, 6.07) is 0. The van der Waals surface area contributed by atoms with Crippen molar-refractivity contribution >= 4 is 8.32 Å². The zero-order chi connectivity index (χ0) is 10.8. The lowest BCUT2D eigenvalue weighted by Crippen LogP contribution is -2.43. The summed E-state index contributed by atoms with van der Waals surface area (Å²) < 4.78 is 30.4. The molecule has 0 aromatic carbocycles. The second kappa shape index (κ2) is 4.68. The Labute approximate surface area is 85.4 Å². The molecule has 0 atom stereocenters. The average Bonchev–Trinajstić information content (AvgIpc) is 2.02. The fourth-order valence-electron chi connectivity index (χ4n) is 1.69. The molecule has 0 bridgehead atoms. The minimum absolute atomic E-state index is 0.205. The Morgan fingerprint density at radius 2 is 1.71 bits per heavy atom. The number of halogens is 2. The van der Waals surface area contributed by atoms with E-state index < -0.39 is 14.9 Å². The quantitative estimate of drug-likeness (QED) is 0.538. The van der Waals surface area contributed by atoms with Gasteiger partial charge >= 0.3 is 0 Å². The maximum absolute atomic E-state index is 12.3. The lowest BCUT2D eigenvalue weighted by atomic mass is 10.1. The highest BCUT2D eigenvalue weighted by Gasteiger charge is 2.28. The normalized spacial score (nSPS) is 21.9. The molecule has 2 nitrogen and oxygen atoms in total. The molecule has 1 saturated heterocycles. The van der Waals surface area contributed by atoms with Crippen molar-refractivity contribution in [3.05, 3.63) is 0 Å². The van der Waals surface area contributed by atoms with Crippen LogP contribution in [0.25, 0.3) is 0 Å². The third-order valence-corrected chi connectivity index (χ3v) is 3.31. The number of hydrogen-bond donors (Lipinski definition) is 0. The fraction of sp³-hybridized carbons (Fsp3) is 1.00. The largest absolute Gasteiger partial charge is 0.415 e. The summed E-state index contributed by atoms with van der Waals surface area (Å²) in [7, 11) is -1.50. The van der Waals surface area contributed by atoms with Crippen molar-refractivity contribution < 1.29 is 13.2 Å². The predicted octanol–water partition coefficient (Wildman–Crippen LogP) is 2.52. The van der Waals surface area contributed by atoms with Gasteiger partial charge in [0.25, 0.3) is 6.55 Å². The third-order valence-electron chi connectivity index (χ3n) is 2.27. The zero-order valence-electron chi connectivity index (χ0n) is 9.09. The molecule has 0 saturated carbocycles. The molecule has 1 aliphatic heterocycles. The van der Waals surface area contributed by atoms with E-state index in [-0.39, 0.29) is 6.10 Å². The summed E-state index contributed by atoms with van der Waals surface area (Å²) in [6.45, 7) is 5.02. The Balaban J connectivity index is 2.29. The molecule has 0 aromatic heterocycles. The van der Waals surface area contributed by atoms with E-state index in [0.717, 1.165) is 12.8 Å². The summed E-state index contributed by atoms with van der Waals surface area (Å²) in [5, 5.41) is 0. The summed E-state index contributed by atoms with van der Waals surface area (Å²) in [4.78, 5) is 1.21. The summed E-state index contributed by atoms with van der Waals surface area (Å²) in [5.74, 6) is 0. The van der Waals surface area contributed by atoms with Crippen LogP contribution in [0.1, 0.15) is 12.8 Å². The van der Waals surface area contributed by atoms with Crippen molar-refractivity contribution in [2.75, 3.05) is 13.1 Å². The molecule has 0 aromatic rings. The molecule has 0 amide bonds. The van der Waals surface area contributed by atoms with E-state index in [4.69, 9.17) is 4.43 Å². The van der Waals surface area contributed by atoms with Gasteiger partial charge in [-0.25, -0.2) is 4.90 Å². The van der Waals surface area contributed by atoms with E-state index >= 15 is 0 Å². The summed E-state index contributed by atoms with van der Waals surface area (Å²) >= 11 is 0. The smallest absolute Gasteiger partial charge is 0.294 e. The molecular weight excluding hydrogens is 204 g/mol. The third kappa shape index (κ3) is 4.02. The van der Waals surface area contributed by atoms with E-state index in [1.165, 1.54) is 4.90 Å². The molecule has 0 unspecified atom stereocenters. The molecular formula is C9H19F2NOSi. The first-order valence-electron chi connectivity index (χ1n) is 5.08. The van der Waals surface area contributed by atoms with E-state index in [9.17, 15) is 8.78 Å². The second-order valence-electron chi connectivity index (χ2n) is 4.74. The molecule has 1 heterocycles. The van der Waals surface area contributed by atoms with Gasteiger partial charge in [0.05, 0.1) is 0 Å². The van der Waals surface area contributed by atoms with Crippen LogP contribution >= 0.6 is 0 Å². The Bertz CT molecular complexity index is 176. The van der Waals surface area contributed by atoms with Crippen LogP contribution in [0.2, 0.25) is 19.6 Å². The highest BCUT2D eigenvalue weighted by atomic mass is 28.4. The fourth-order valence-corrected chi connectivity index (χ4v) is 2.92. The van der Waals surface area contributed by atoms with Crippen LogP contribution in [0.3, 0.4) is 0 Å². The molecule has 1 rings (SSSR count). The first kappa shape index (κ1) is 12.1. The number of hydrogen-bond acceptors (Lipinski definition) is 2. The van der Waals surface area contributed by atoms with Gasteiger partial charge in [-0.2, -0.15) is 8.78 Å². The standard InChI is InChI=1S/C9H19F2NOSi/c1-14(2,3)13-8-4-6-12(7-5-8)9(10)11/h8-9H,4-7H2,1-3H3. The number of nitrogens with zero attached hydrogens (tertiary/aromatic N) is 1. The number of rotatable bonds is 3. The maximum atomic E-state index is 12.3. The molecule has 1 fully saturated rings. The Morgan fingerprint density at radius 3 is 2.07 bits per heavy atom. The van der Waals surface area contributed by atoms with Gasteiger partial charge in [0.1, 0.15) is 0 Å². The van der Waals surface area contributed by atoms with Crippen molar-refractivity contribution in [3.63, 3.8) is 0 Å². The van der Waals surface area contributed by atoms with Crippen LogP contribution < -0.4 is 0 Å². The highest BCUT2D eigenvalue weighted by Crippen LogP contribution is 2.20. The van der Waals surface area contributed by atoms with Gasteiger partial charge in [-0.1, -0.05) is 0 Å². The Morgan fingerprint density at radius 1 is 1.21 bits per heavy atom. The first-order valence-corrected chi connectivity index (χ1v) is 8.49. The lowest BCUT2D eigenvalue weighted by molar-refractivity contribution is -0.0540. The van der Waals surface area contributed by atoms with Crippen LogP contribution in [0.4, 0.5) is 8.78 Å². The first-order chi connectivity index (χ1) is 6.38. The van der Waals surface area contributed by atoms with Gasteiger partial charge in [0.2, 0.25) is 0 Å². The molecule has 5 heteroatoms. The van der Waals surface area contributed by atoms with Crippen LogP contribution in [0.5, 0.6) is 0 Å². The Hall–Kier alpha value is -0.00312. The molecule has 14 heavy (non-hydrogen) atoms. The predicted molar refractivity (Wildman–Crippen MR) is 55.0 cm³/mol. The SMILES string of the molecule is C[Si](C)(C)OC1CCN(C(F)F)CC1. The molecule has 0 aliphatic carbocycles. The van der Waals surface area contributed by atoms with Gasteiger partial charge in [0.15, 0.2) is 8.32 Å². The van der Waals surface area contributed by atoms with Gasteiger partial charge in [-0.05, 0) is 32.5 Å². The van der Waals surface area contributed by atoms with Crippen LogP contribution in [-0.4, -0.2) is 39.0 Å². The minimum atomic E-state index is -2.30. The summed E-state index contributed by atoms with van der Waals surface area (Å²) in [6.07, 6.45) is 1.69. The van der Waals surface area contributed by atoms with Gasteiger partial charge in [-0.15, -0.1) is 0 Å². The second-order valence-corrected chi connectivity index (χ2v) is 9.20. The molecule has 0 N–H and O–H groups in total. The number of likely N-dealkylation sites (tertiary alicyclic amines) is 1. The van der Waals surface area contributed by atoms with Crippen LogP contribution in [-0.2, 0) is 4.43 Å². The van der Waals surface area contributed by atoms with E-state index in [2.05, 4.69) is 19.6 Å². The van der Waals surface area contributed by atoms with Crippen molar-refractivity contribution in [2.24, 2.45) is 0 Å². The minimum Gasteiger partial charge on any atom is -0.415 e. The zero-order valence-corrected chi connectivity index (χ0v) is 10.1. The van der Waals surface area contributed by atoms with Gasteiger partial charge in [-0.3, -0.25) is 0 Å². The van der Waals surface area contributed by atoms with Gasteiger partial charge in [0, 0.05) is 19.2 Å².